The SMILES string of the molecule is O=S(=O)(C#Cc1cnn(-c2cncnc2)c1)NCC(F)(F)F. The maximum absolute atomic E-state index is 11.9. The van der Waals surface area contributed by atoms with Crippen molar-refractivity contribution in [3.63, 3.8) is 0 Å². The van der Waals surface area contributed by atoms with Crippen LogP contribution in [0.3, 0.4) is 0 Å². The molecule has 0 amide bonds. The van der Waals surface area contributed by atoms with Gasteiger partial charge in [-0.05, 0) is 5.92 Å². The summed E-state index contributed by atoms with van der Waals surface area (Å²) in [5, 5.41) is 5.65. The molecule has 2 rings (SSSR count). The third kappa shape index (κ3) is 4.83. The van der Waals surface area contributed by atoms with Gasteiger partial charge in [0.1, 0.15) is 18.6 Å². The lowest BCUT2D eigenvalue weighted by atomic mass is 10.4. The van der Waals surface area contributed by atoms with E-state index < -0.39 is 22.7 Å². The molecule has 0 bridgehead atoms. The van der Waals surface area contributed by atoms with Crippen LogP contribution in [0.25, 0.3) is 5.69 Å². The van der Waals surface area contributed by atoms with Gasteiger partial charge in [-0.2, -0.15) is 31.4 Å². The molecular weight excluding hydrogens is 323 g/mol. The van der Waals surface area contributed by atoms with Crippen LogP contribution < -0.4 is 4.72 Å². The second-order valence-corrected chi connectivity index (χ2v) is 5.44. The Balaban J connectivity index is 2.11. The molecule has 0 saturated heterocycles. The third-order valence-electron chi connectivity index (χ3n) is 2.19. The van der Waals surface area contributed by atoms with Crippen molar-refractivity contribution in [3.05, 3.63) is 36.7 Å². The molecule has 0 aliphatic heterocycles. The fraction of sp³-hybridized carbons (Fsp3) is 0.182. The molecule has 0 atom stereocenters. The zero-order valence-electron chi connectivity index (χ0n) is 10.7. The van der Waals surface area contributed by atoms with E-state index in [4.69, 9.17) is 0 Å². The molecular formula is C11H8F3N5O2S. The highest BCUT2D eigenvalue weighted by Crippen LogP contribution is 2.12. The van der Waals surface area contributed by atoms with E-state index in [9.17, 15) is 21.6 Å². The molecule has 0 fully saturated rings. The standard InChI is InChI=1S/C11H8F3N5O2S/c12-11(13,14)7-18-22(20,21)2-1-9-3-17-19(6-9)10-4-15-8-16-5-10/h3-6,8,18H,7H2. The van der Waals surface area contributed by atoms with Gasteiger partial charge in [0.05, 0.1) is 24.2 Å². The Bertz CT molecular complexity index is 805. The number of rotatable bonds is 3. The lowest BCUT2D eigenvalue weighted by Gasteiger charge is -2.04. The van der Waals surface area contributed by atoms with Crippen LogP contribution in [0.2, 0.25) is 0 Å². The smallest absolute Gasteiger partial charge is 0.243 e. The first-order valence-corrected chi connectivity index (χ1v) is 7.13. The predicted octanol–water partition coefficient (Wildman–Crippen LogP) is 0.453. The minimum atomic E-state index is -4.65. The number of nitrogens with zero attached hydrogens (tertiary/aromatic N) is 4. The molecule has 0 unspecified atom stereocenters. The van der Waals surface area contributed by atoms with Crippen LogP contribution in [-0.2, 0) is 10.0 Å². The van der Waals surface area contributed by atoms with Crippen LogP contribution in [0, 0.1) is 11.2 Å². The summed E-state index contributed by atoms with van der Waals surface area (Å²) in [5.74, 6) is 2.22. The van der Waals surface area contributed by atoms with E-state index in [-0.39, 0.29) is 5.56 Å². The van der Waals surface area contributed by atoms with Gasteiger partial charge in [0, 0.05) is 11.4 Å². The maximum atomic E-state index is 11.9. The minimum absolute atomic E-state index is 0.209. The van der Waals surface area contributed by atoms with Crippen molar-refractivity contribution in [3.8, 4) is 16.9 Å². The number of hydrogen-bond donors (Lipinski definition) is 1. The second-order valence-electron chi connectivity index (χ2n) is 3.94. The Morgan fingerprint density at radius 2 is 1.91 bits per heavy atom. The molecule has 2 aromatic rings. The zero-order chi connectivity index (χ0) is 16.2. The first-order valence-electron chi connectivity index (χ1n) is 5.64. The summed E-state index contributed by atoms with van der Waals surface area (Å²) in [4.78, 5) is 7.56. The monoisotopic (exact) mass is 331 g/mol. The van der Waals surface area contributed by atoms with E-state index in [0.29, 0.717) is 5.69 Å². The van der Waals surface area contributed by atoms with Crippen molar-refractivity contribution in [1.82, 2.24) is 24.5 Å². The summed E-state index contributed by atoms with van der Waals surface area (Å²) < 4.78 is 61.1. The molecule has 0 spiro atoms. The van der Waals surface area contributed by atoms with Crippen molar-refractivity contribution in [2.75, 3.05) is 6.54 Å². The van der Waals surface area contributed by atoms with E-state index in [2.05, 4.69) is 21.0 Å². The van der Waals surface area contributed by atoms with E-state index in [1.54, 1.807) is 5.25 Å². The van der Waals surface area contributed by atoms with Crippen molar-refractivity contribution in [1.29, 1.82) is 0 Å². The van der Waals surface area contributed by atoms with Gasteiger partial charge >= 0.3 is 6.18 Å². The zero-order valence-corrected chi connectivity index (χ0v) is 11.6. The first kappa shape index (κ1) is 15.9. The van der Waals surface area contributed by atoms with Gasteiger partial charge in [-0.3, -0.25) is 0 Å². The van der Waals surface area contributed by atoms with E-state index in [1.165, 1.54) is 40.5 Å². The van der Waals surface area contributed by atoms with E-state index in [1.807, 2.05) is 0 Å². The van der Waals surface area contributed by atoms with Gasteiger partial charge in [0.2, 0.25) is 0 Å². The number of sulfonamides is 1. The number of aromatic nitrogens is 4. The van der Waals surface area contributed by atoms with Crippen LogP contribution in [-0.4, -0.2) is 40.9 Å². The summed E-state index contributed by atoms with van der Waals surface area (Å²) in [7, 11) is -4.36. The molecule has 7 nitrogen and oxygen atoms in total. The Labute approximate surface area is 123 Å². The van der Waals surface area contributed by atoms with Crippen LogP contribution in [0.4, 0.5) is 13.2 Å². The molecule has 116 valence electrons. The van der Waals surface area contributed by atoms with E-state index in [0.717, 1.165) is 0 Å². The highest BCUT2D eigenvalue weighted by atomic mass is 32.2. The minimum Gasteiger partial charge on any atom is -0.243 e. The number of alkyl halides is 3. The normalized spacial score (nSPS) is 11.8. The Kier molecular flexibility index (Phi) is 4.43. The maximum Gasteiger partial charge on any atom is 0.402 e. The van der Waals surface area contributed by atoms with Crippen molar-refractivity contribution in [2.45, 2.75) is 6.18 Å². The molecule has 11 heteroatoms. The van der Waals surface area contributed by atoms with Crippen molar-refractivity contribution >= 4 is 10.0 Å². The Morgan fingerprint density at radius 1 is 1.23 bits per heavy atom. The topological polar surface area (TPSA) is 89.8 Å². The molecule has 1 N–H and O–H groups in total. The summed E-state index contributed by atoms with van der Waals surface area (Å²) >= 11 is 0. The molecule has 0 radical (unpaired) electrons. The van der Waals surface area contributed by atoms with Gasteiger partial charge < -0.3 is 0 Å². The second kappa shape index (κ2) is 6.12. The summed E-state index contributed by atoms with van der Waals surface area (Å²) in [5.41, 5.74) is 0.731. The first-order chi connectivity index (χ1) is 10.3. The largest absolute Gasteiger partial charge is 0.402 e. The average molecular weight is 331 g/mol. The van der Waals surface area contributed by atoms with Gasteiger partial charge in [-0.1, -0.05) is 0 Å². The third-order valence-corrected chi connectivity index (χ3v) is 3.08. The molecule has 0 saturated carbocycles. The summed E-state index contributed by atoms with van der Waals surface area (Å²) in [6, 6.07) is 0. The number of hydrogen-bond acceptors (Lipinski definition) is 5. The molecule has 0 aliphatic carbocycles. The lowest BCUT2D eigenvalue weighted by molar-refractivity contribution is -0.121. The molecule has 22 heavy (non-hydrogen) atoms. The van der Waals surface area contributed by atoms with Gasteiger partial charge in [-0.15, -0.1) is 0 Å². The van der Waals surface area contributed by atoms with E-state index >= 15 is 0 Å². The highest BCUT2D eigenvalue weighted by molar-refractivity contribution is 7.94. The number of halogens is 3. The molecule has 0 aromatic carbocycles. The summed E-state index contributed by atoms with van der Waals surface area (Å²) in [6.45, 7) is -1.68. The van der Waals surface area contributed by atoms with Crippen LogP contribution >= 0.6 is 0 Å². The molecule has 0 aliphatic rings. The lowest BCUT2D eigenvalue weighted by Crippen LogP contribution is -2.32. The summed E-state index contributed by atoms with van der Waals surface area (Å²) in [6.07, 6.45) is 2.28. The van der Waals surface area contributed by atoms with Crippen LogP contribution in [0.15, 0.2) is 31.1 Å². The van der Waals surface area contributed by atoms with Gasteiger partial charge in [-0.25, -0.2) is 14.6 Å². The Morgan fingerprint density at radius 3 is 2.55 bits per heavy atom. The highest BCUT2D eigenvalue weighted by Gasteiger charge is 2.28. The Hall–Kier alpha value is -2.45. The number of nitrogens with one attached hydrogen (secondary N) is 1. The fourth-order valence-corrected chi connectivity index (χ4v) is 1.96. The van der Waals surface area contributed by atoms with Crippen molar-refractivity contribution < 1.29 is 21.6 Å². The predicted molar refractivity (Wildman–Crippen MR) is 69.0 cm³/mol. The van der Waals surface area contributed by atoms with Gasteiger partial charge in [0.25, 0.3) is 10.0 Å². The fourth-order valence-electron chi connectivity index (χ4n) is 1.28. The quantitative estimate of drug-likeness (QED) is 0.825. The van der Waals surface area contributed by atoms with Gasteiger partial charge in [0.15, 0.2) is 0 Å². The van der Waals surface area contributed by atoms with Crippen LogP contribution in [0.5, 0.6) is 0 Å². The van der Waals surface area contributed by atoms with Crippen LogP contribution in [0.1, 0.15) is 5.56 Å². The average Bonchev–Trinajstić information content (AvgIpc) is 2.93. The molecule has 2 aromatic heterocycles. The van der Waals surface area contributed by atoms with Crippen molar-refractivity contribution in [2.24, 2.45) is 0 Å². The molecule has 2 heterocycles.